The summed E-state index contributed by atoms with van der Waals surface area (Å²) < 4.78 is 22.6. The highest BCUT2D eigenvalue weighted by Gasteiger charge is 2.32. The standard InChI is InChI=1S/C29H38FN3O2/c1-17(2)35-26-14-10-20(30)16-23(26)28(34)29-31-27-22-11-9-19(4)32(5)24(22)12-13-25(27)33(29)21-8-6-7-18(3)15-21/h10,12-14,16-19,21,28,34H,6-9,11,15H2,1-5H3. The summed E-state index contributed by atoms with van der Waals surface area (Å²) in [6, 6.07) is 9.50. The van der Waals surface area contributed by atoms with Crippen molar-refractivity contribution >= 4 is 16.7 Å². The molecule has 1 N–H and O–H groups in total. The lowest BCUT2D eigenvalue weighted by Crippen LogP contribution is -2.33. The van der Waals surface area contributed by atoms with Crippen LogP contribution in [0.1, 0.15) is 88.9 Å². The summed E-state index contributed by atoms with van der Waals surface area (Å²) >= 11 is 0. The molecule has 1 aromatic heterocycles. The number of aromatic nitrogens is 2. The first-order valence-corrected chi connectivity index (χ1v) is 13.1. The van der Waals surface area contributed by atoms with E-state index >= 15 is 0 Å². The Hall–Kier alpha value is -2.60. The van der Waals surface area contributed by atoms with E-state index in [1.54, 1.807) is 6.07 Å². The lowest BCUT2D eigenvalue weighted by molar-refractivity contribution is 0.179. The molecule has 2 aliphatic rings. The van der Waals surface area contributed by atoms with Gasteiger partial charge in [-0.3, -0.25) is 0 Å². The predicted octanol–water partition coefficient (Wildman–Crippen LogP) is 6.57. The van der Waals surface area contributed by atoms with Crippen LogP contribution in [0.2, 0.25) is 0 Å². The second-order valence-corrected chi connectivity index (χ2v) is 10.9. The maximum absolute atomic E-state index is 14.4. The van der Waals surface area contributed by atoms with E-state index < -0.39 is 11.9 Å². The lowest BCUT2D eigenvalue weighted by Gasteiger charge is -2.34. The Bertz CT molecular complexity index is 1220. The molecular weight excluding hydrogens is 441 g/mol. The largest absolute Gasteiger partial charge is 0.491 e. The molecule has 0 bridgehead atoms. The highest BCUT2D eigenvalue weighted by atomic mass is 19.1. The predicted molar refractivity (Wildman–Crippen MR) is 139 cm³/mol. The topological polar surface area (TPSA) is 50.5 Å². The Balaban J connectivity index is 1.70. The van der Waals surface area contributed by atoms with Crippen LogP contribution >= 0.6 is 0 Å². The molecule has 0 radical (unpaired) electrons. The molecule has 35 heavy (non-hydrogen) atoms. The van der Waals surface area contributed by atoms with Crippen LogP contribution in [0, 0.1) is 11.7 Å². The summed E-state index contributed by atoms with van der Waals surface area (Å²) in [4.78, 5) is 7.45. The van der Waals surface area contributed by atoms with Gasteiger partial charge in [0, 0.05) is 35.9 Å². The van der Waals surface area contributed by atoms with Gasteiger partial charge in [-0.05, 0) is 82.7 Å². The maximum Gasteiger partial charge on any atom is 0.143 e. The van der Waals surface area contributed by atoms with E-state index in [2.05, 4.69) is 42.5 Å². The molecule has 1 aliphatic carbocycles. The van der Waals surface area contributed by atoms with Crippen molar-refractivity contribution in [2.24, 2.45) is 5.92 Å². The molecule has 3 aromatic rings. The number of aliphatic hydroxyl groups excluding tert-OH is 1. The number of aryl methyl sites for hydroxylation is 1. The molecule has 5 nitrogen and oxygen atoms in total. The number of rotatable bonds is 5. The Morgan fingerprint density at radius 2 is 1.91 bits per heavy atom. The van der Waals surface area contributed by atoms with Crippen molar-refractivity contribution in [1.29, 1.82) is 0 Å². The first kappa shape index (κ1) is 24.1. The van der Waals surface area contributed by atoms with E-state index in [0.717, 1.165) is 43.1 Å². The number of anilines is 1. The van der Waals surface area contributed by atoms with Crippen LogP contribution < -0.4 is 9.64 Å². The SMILES string of the molecule is CC1CCCC(n2c(C(O)c3cc(F)ccc3OC(C)C)nc3c4c(ccc32)N(C)C(C)CC4)C1. The van der Waals surface area contributed by atoms with Crippen molar-refractivity contribution in [1.82, 2.24) is 9.55 Å². The number of halogens is 1. The molecule has 2 heterocycles. The van der Waals surface area contributed by atoms with E-state index in [-0.39, 0.29) is 12.1 Å². The fourth-order valence-corrected chi connectivity index (χ4v) is 6.03. The Labute approximate surface area is 207 Å². The summed E-state index contributed by atoms with van der Waals surface area (Å²) in [6.07, 6.45) is 5.37. The molecular formula is C29H38FN3O2. The minimum Gasteiger partial charge on any atom is -0.491 e. The zero-order valence-electron chi connectivity index (χ0n) is 21.6. The van der Waals surface area contributed by atoms with Crippen molar-refractivity contribution in [2.75, 3.05) is 11.9 Å². The Kier molecular flexibility index (Phi) is 6.51. The van der Waals surface area contributed by atoms with Crippen molar-refractivity contribution in [3.8, 4) is 5.75 Å². The monoisotopic (exact) mass is 479 g/mol. The smallest absolute Gasteiger partial charge is 0.143 e. The van der Waals surface area contributed by atoms with Gasteiger partial charge in [0.2, 0.25) is 0 Å². The molecule has 1 aliphatic heterocycles. The number of hydrogen-bond acceptors (Lipinski definition) is 4. The van der Waals surface area contributed by atoms with Gasteiger partial charge in [0.1, 0.15) is 23.5 Å². The molecule has 0 spiro atoms. The first-order valence-electron chi connectivity index (χ1n) is 13.1. The van der Waals surface area contributed by atoms with Gasteiger partial charge in [0.25, 0.3) is 0 Å². The second kappa shape index (κ2) is 9.45. The summed E-state index contributed by atoms with van der Waals surface area (Å²) in [7, 11) is 2.15. The average Bonchev–Trinajstić information content (AvgIpc) is 3.21. The molecule has 4 atom stereocenters. The molecule has 1 fully saturated rings. The van der Waals surface area contributed by atoms with Gasteiger partial charge in [-0.2, -0.15) is 0 Å². The molecule has 0 saturated heterocycles. The third-order valence-corrected chi connectivity index (χ3v) is 7.97. The zero-order valence-corrected chi connectivity index (χ0v) is 21.6. The van der Waals surface area contributed by atoms with Crippen LogP contribution in [0.3, 0.4) is 0 Å². The van der Waals surface area contributed by atoms with Crippen LogP contribution in [0.5, 0.6) is 5.75 Å². The molecule has 188 valence electrons. The van der Waals surface area contributed by atoms with Crippen molar-refractivity contribution in [3.63, 3.8) is 0 Å². The maximum atomic E-state index is 14.4. The quantitative estimate of drug-likeness (QED) is 0.450. The molecule has 5 rings (SSSR count). The van der Waals surface area contributed by atoms with Gasteiger partial charge in [-0.25, -0.2) is 9.37 Å². The molecule has 4 unspecified atom stereocenters. The van der Waals surface area contributed by atoms with Crippen LogP contribution in [0.25, 0.3) is 11.0 Å². The van der Waals surface area contributed by atoms with E-state index in [4.69, 9.17) is 9.72 Å². The number of imidazole rings is 1. The minimum absolute atomic E-state index is 0.0889. The Morgan fingerprint density at radius 1 is 1.11 bits per heavy atom. The van der Waals surface area contributed by atoms with E-state index in [9.17, 15) is 9.50 Å². The van der Waals surface area contributed by atoms with Gasteiger partial charge in [0.05, 0.1) is 17.1 Å². The average molecular weight is 480 g/mol. The van der Waals surface area contributed by atoms with Crippen LogP contribution in [-0.2, 0) is 6.42 Å². The third kappa shape index (κ3) is 4.42. The van der Waals surface area contributed by atoms with Gasteiger partial charge in [-0.1, -0.05) is 19.8 Å². The third-order valence-electron chi connectivity index (χ3n) is 7.97. The van der Waals surface area contributed by atoms with Crippen LogP contribution in [-0.4, -0.2) is 33.9 Å². The van der Waals surface area contributed by atoms with Gasteiger partial charge >= 0.3 is 0 Å². The zero-order chi connectivity index (χ0) is 24.9. The molecule has 6 heteroatoms. The fraction of sp³-hybridized carbons (Fsp3) is 0.552. The number of hydrogen-bond donors (Lipinski definition) is 1. The number of nitrogens with zero attached hydrogens (tertiary/aromatic N) is 3. The van der Waals surface area contributed by atoms with Crippen molar-refractivity contribution in [2.45, 2.75) is 90.5 Å². The molecule has 2 aromatic carbocycles. The van der Waals surface area contributed by atoms with Crippen LogP contribution in [0.15, 0.2) is 30.3 Å². The van der Waals surface area contributed by atoms with Crippen molar-refractivity contribution in [3.05, 3.63) is 53.1 Å². The lowest BCUT2D eigenvalue weighted by atomic mass is 9.86. The number of ether oxygens (including phenoxy) is 1. The van der Waals surface area contributed by atoms with Crippen molar-refractivity contribution < 1.29 is 14.2 Å². The number of fused-ring (bicyclic) bond motifs is 3. The normalized spacial score (nSPS) is 23.5. The summed E-state index contributed by atoms with van der Waals surface area (Å²) in [5, 5.41) is 11.7. The van der Waals surface area contributed by atoms with Gasteiger partial charge in [-0.15, -0.1) is 0 Å². The summed E-state index contributed by atoms with van der Waals surface area (Å²) in [5.74, 6) is 1.32. The molecule has 0 amide bonds. The van der Waals surface area contributed by atoms with Gasteiger partial charge < -0.3 is 19.3 Å². The fourth-order valence-electron chi connectivity index (χ4n) is 6.03. The first-order chi connectivity index (χ1) is 16.7. The van der Waals surface area contributed by atoms with E-state index in [1.807, 2.05) is 13.8 Å². The van der Waals surface area contributed by atoms with E-state index in [0.29, 0.717) is 29.1 Å². The number of benzene rings is 2. The summed E-state index contributed by atoms with van der Waals surface area (Å²) in [6.45, 7) is 8.43. The molecule has 1 saturated carbocycles. The number of aliphatic hydroxyl groups is 1. The van der Waals surface area contributed by atoms with E-state index in [1.165, 1.54) is 29.8 Å². The highest BCUT2D eigenvalue weighted by Crippen LogP contribution is 2.42. The van der Waals surface area contributed by atoms with Gasteiger partial charge in [0.15, 0.2) is 0 Å². The Morgan fingerprint density at radius 3 is 2.66 bits per heavy atom. The minimum atomic E-state index is -1.08. The second-order valence-electron chi connectivity index (χ2n) is 10.9. The van der Waals surface area contributed by atoms with Crippen LogP contribution in [0.4, 0.5) is 10.1 Å². The highest BCUT2D eigenvalue weighted by molar-refractivity contribution is 5.86. The summed E-state index contributed by atoms with van der Waals surface area (Å²) in [5.41, 5.74) is 4.93.